The molecule has 1 aliphatic heterocycles. The number of rotatable bonds is 3. The molecule has 0 aliphatic carbocycles. The molecule has 1 aliphatic rings. The molecule has 0 radical (unpaired) electrons. The second-order valence-corrected chi connectivity index (χ2v) is 6.45. The molecule has 6 nitrogen and oxygen atoms in total. The number of anilines is 2. The molecule has 130 valence electrons. The number of urea groups is 1. The second kappa shape index (κ2) is 7.72. The van der Waals surface area contributed by atoms with E-state index >= 15 is 0 Å². The lowest BCUT2D eigenvalue weighted by atomic mass is 10.2. The molecule has 2 aromatic rings. The van der Waals surface area contributed by atoms with Gasteiger partial charge in [-0.2, -0.15) is 0 Å². The average molecular weight is 379 g/mol. The number of hydrogen-bond acceptors (Lipinski definition) is 3. The molecule has 2 N–H and O–H groups in total. The number of pyridine rings is 1. The van der Waals surface area contributed by atoms with Crippen LogP contribution in [-0.4, -0.2) is 34.4 Å². The van der Waals surface area contributed by atoms with Crippen LogP contribution in [0.5, 0.6) is 0 Å². The third-order valence-corrected chi connectivity index (χ3v) is 4.47. The van der Waals surface area contributed by atoms with E-state index in [1.807, 2.05) is 0 Å². The third kappa shape index (κ3) is 4.21. The van der Waals surface area contributed by atoms with Crippen LogP contribution in [-0.2, 0) is 4.79 Å². The van der Waals surface area contributed by atoms with Gasteiger partial charge in [0.05, 0.1) is 10.7 Å². The van der Waals surface area contributed by atoms with Gasteiger partial charge in [0, 0.05) is 17.8 Å². The number of hydrogen-bond donors (Lipinski definition) is 2. The van der Waals surface area contributed by atoms with Gasteiger partial charge in [-0.15, -0.1) is 0 Å². The molecule has 8 heteroatoms. The summed E-state index contributed by atoms with van der Waals surface area (Å²) in [7, 11) is 0. The maximum atomic E-state index is 12.6. The predicted molar refractivity (Wildman–Crippen MR) is 98.1 cm³/mol. The first-order chi connectivity index (χ1) is 12.0. The molecular weight excluding hydrogens is 363 g/mol. The first-order valence-corrected chi connectivity index (χ1v) is 8.55. The Morgan fingerprint density at radius 3 is 2.76 bits per heavy atom. The minimum atomic E-state index is -0.571. The van der Waals surface area contributed by atoms with Gasteiger partial charge >= 0.3 is 6.03 Å². The normalized spacial score (nSPS) is 16.6. The fourth-order valence-corrected chi connectivity index (χ4v) is 3.05. The summed E-state index contributed by atoms with van der Waals surface area (Å²) in [6.07, 6.45) is 2.92. The highest BCUT2D eigenvalue weighted by atomic mass is 35.5. The first-order valence-electron chi connectivity index (χ1n) is 7.79. The van der Waals surface area contributed by atoms with Gasteiger partial charge in [-0.3, -0.25) is 10.1 Å². The van der Waals surface area contributed by atoms with E-state index in [4.69, 9.17) is 23.2 Å². The van der Waals surface area contributed by atoms with Crippen molar-refractivity contribution in [3.8, 4) is 0 Å². The lowest BCUT2D eigenvalue weighted by molar-refractivity contribution is -0.119. The summed E-state index contributed by atoms with van der Waals surface area (Å²) in [4.78, 5) is 30.6. The van der Waals surface area contributed by atoms with Gasteiger partial charge in [-0.25, -0.2) is 9.78 Å². The molecule has 2 heterocycles. The van der Waals surface area contributed by atoms with Crippen LogP contribution in [0.3, 0.4) is 0 Å². The van der Waals surface area contributed by atoms with E-state index in [-0.39, 0.29) is 11.9 Å². The van der Waals surface area contributed by atoms with E-state index in [1.54, 1.807) is 42.6 Å². The van der Waals surface area contributed by atoms with E-state index in [2.05, 4.69) is 15.6 Å². The summed E-state index contributed by atoms with van der Waals surface area (Å²) in [6, 6.07) is 9.13. The van der Waals surface area contributed by atoms with Crippen LogP contribution in [0.1, 0.15) is 12.8 Å². The maximum Gasteiger partial charge on any atom is 0.323 e. The fraction of sp³-hybridized carbons (Fsp3) is 0.235. The zero-order valence-electron chi connectivity index (χ0n) is 13.2. The molecular formula is C17H16Cl2N4O2. The largest absolute Gasteiger partial charge is 0.323 e. The lowest BCUT2D eigenvalue weighted by Gasteiger charge is -2.24. The van der Waals surface area contributed by atoms with Gasteiger partial charge in [0.1, 0.15) is 11.9 Å². The predicted octanol–water partition coefficient (Wildman–Crippen LogP) is 4.02. The fourth-order valence-electron chi connectivity index (χ4n) is 2.71. The van der Waals surface area contributed by atoms with E-state index in [1.165, 1.54) is 4.90 Å². The van der Waals surface area contributed by atoms with Crippen molar-refractivity contribution in [2.75, 3.05) is 17.2 Å². The van der Waals surface area contributed by atoms with Gasteiger partial charge in [0.2, 0.25) is 5.91 Å². The molecule has 25 heavy (non-hydrogen) atoms. The summed E-state index contributed by atoms with van der Waals surface area (Å²) in [5.41, 5.74) is 0.427. The van der Waals surface area contributed by atoms with Crippen molar-refractivity contribution < 1.29 is 9.59 Å². The quantitative estimate of drug-likeness (QED) is 0.846. The lowest BCUT2D eigenvalue weighted by Crippen LogP contribution is -2.45. The van der Waals surface area contributed by atoms with Crippen LogP contribution in [0.25, 0.3) is 0 Å². The van der Waals surface area contributed by atoms with Crippen molar-refractivity contribution in [3.63, 3.8) is 0 Å². The highest BCUT2D eigenvalue weighted by molar-refractivity contribution is 6.35. The SMILES string of the molecule is O=C(Nc1cc(Cl)ccc1Cl)[C@@H]1CCCN1C(=O)Nc1ccccn1. The van der Waals surface area contributed by atoms with Crippen LogP contribution >= 0.6 is 23.2 Å². The summed E-state index contributed by atoms with van der Waals surface area (Å²) in [5, 5.41) is 6.31. The van der Waals surface area contributed by atoms with Gasteiger partial charge in [-0.1, -0.05) is 29.3 Å². The Morgan fingerprint density at radius 2 is 2.00 bits per heavy atom. The number of nitrogens with one attached hydrogen (secondary N) is 2. The number of benzene rings is 1. The molecule has 1 fully saturated rings. The monoisotopic (exact) mass is 378 g/mol. The van der Waals surface area contributed by atoms with Crippen LogP contribution in [0, 0.1) is 0 Å². The molecule has 3 rings (SSSR count). The van der Waals surface area contributed by atoms with E-state index in [9.17, 15) is 9.59 Å². The topological polar surface area (TPSA) is 74.3 Å². The molecule has 0 saturated carbocycles. The Balaban J connectivity index is 1.69. The Kier molecular flexibility index (Phi) is 5.40. The van der Waals surface area contributed by atoms with Crippen LogP contribution in [0.15, 0.2) is 42.6 Å². The standard InChI is InChI=1S/C17H16Cl2N4O2/c18-11-6-7-12(19)13(10-11)21-16(24)14-4-3-9-23(14)17(25)22-15-5-1-2-8-20-15/h1-2,5-8,10,14H,3-4,9H2,(H,21,24)(H,20,22,25)/t14-/m0/s1. The Morgan fingerprint density at radius 1 is 1.16 bits per heavy atom. The molecule has 0 spiro atoms. The van der Waals surface area contributed by atoms with Crippen molar-refractivity contribution in [1.29, 1.82) is 0 Å². The van der Waals surface area contributed by atoms with Crippen LogP contribution in [0.2, 0.25) is 10.0 Å². The van der Waals surface area contributed by atoms with Crippen molar-refractivity contribution in [2.24, 2.45) is 0 Å². The minimum absolute atomic E-state index is 0.294. The van der Waals surface area contributed by atoms with Crippen molar-refractivity contribution in [3.05, 3.63) is 52.6 Å². The summed E-state index contributed by atoms with van der Waals surface area (Å²) >= 11 is 12.0. The Labute approximate surface area is 155 Å². The zero-order valence-corrected chi connectivity index (χ0v) is 14.7. The summed E-state index contributed by atoms with van der Waals surface area (Å²) in [5.74, 6) is 0.147. The van der Waals surface area contributed by atoms with Gasteiger partial charge in [0.15, 0.2) is 0 Å². The number of halogens is 2. The molecule has 0 unspecified atom stereocenters. The number of aromatic nitrogens is 1. The molecule has 1 aromatic carbocycles. The van der Waals surface area contributed by atoms with Crippen LogP contribution < -0.4 is 10.6 Å². The highest BCUT2D eigenvalue weighted by Crippen LogP contribution is 2.27. The van der Waals surface area contributed by atoms with E-state index in [0.29, 0.717) is 34.5 Å². The number of carbonyl (C=O) groups excluding carboxylic acids is 2. The van der Waals surface area contributed by atoms with E-state index in [0.717, 1.165) is 6.42 Å². The highest BCUT2D eigenvalue weighted by Gasteiger charge is 2.34. The number of likely N-dealkylation sites (tertiary alicyclic amines) is 1. The molecule has 1 aromatic heterocycles. The third-order valence-electron chi connectivity index (χ3n) is 3.90. The molecule has 0 bridgehead atoms. The molecule has 1 saturated heterocycles. The van der Waals surface area contributed by atoms with Crippen LogP contribution in [0.4, 0.5) is 16.3 Å². The van der Waals surface area contributed by atoms with Gasteiger partial charge < -0.3 is 10.2 Å². The number of amides is 3. The van der Waals surface area contributed by atoms with Crippen molar-refractivity contribution in [1.82, 2.24) is 9.88 Å². The minimum Gasteiger partial charge on any atom is -0.323 e. The van der Waals surface area contributed by atoms with Crippen molar-refractivity contribution >= 4 is 46.6 Å². The smallest absolute Gasteiger partial charge is 0.323 e. The Hall–Kier alpha value is -2.31. The summed E-state index contributed by atoms with van der Waals surface area (Å²) < 4.78 is 0. The van der Waals surface area contributed by atoms with E-state index < -0.39 is 6.04 Å². The molecule has 1 atom stereocenters. The second-order valence-electron chi connectivity index (χ2n) is 5.61. The van der Waals surface area contributed by atoms with Gasteiger partial charge in [0.25, 0.3) is 0 Å². The zero-order chi connectivity index (χ0) is 17.8. The van der Waals surface area contributed by atoms with Crippen molar-refractivity contribution in [2.45, 2.75) is 18.9 Å². The maximum absolute atomic E-state index is 12.6. The first kappa shape index (κ1) is 17.5. The Bertz CT molecular complexity index is 785. The average Bonchev–Trinajstić information content (AvgIpc) is 3.09. The number of carbonyl (C=O) groups is 2. The summed E-state index contributed by atoms with van der Waals surface area (Å²) in [6.45, 7) is 0.500. The molecule has 3 amide bonds. The number of nitrogens with zero attached hydrogens (tertiary/aromatic N) is 2. The van der Waals surface area contributed by atoms with Gasteiger partial charge in [-0.05, 0) is 43.2 Å².